The van der Waals surface area contributed by atoms with Gasteiger partial charge in [0.15, 0.2) is 0 Å². The minimum absolute atomic E-state index is 0.232. The maximum absolute atomic E-state index is 9.75. The van der Waals surface area contributed by atoms with Crippen molar-refractivity contribution in [2.24, 2.45) is 0 Å². The minimum atomic E-state index is 0.232. The van der Waals surface area contributed by atoms with Crippen molar-refractivity contribution in [3.8, 4) is 11.5 Å². The Morgan fingerprint density at radius 3 is 2.67 bits per heavy atom. The minimum Gasteiger partial charge on any atom is -0.506 e. The van der Waals surface area contributed by atoms with E-state index in [-0.39, 0.29) is 5.75 Å². The zero-order valence-corrected chi connectivity index (χ0v) is 14.4. The Kier molecular flexibility index (Phi) is 4.52. The molecule has 1 aliphatic rings. The van der Waals surface area contributed by atoms with E-state index in [0.29, 0.717) is 15.0 Å². The number of ether oxygens (including phenoxy) is 1. The number of halogens is 2. The molecule has 0 radical (unpaired) electrons. The number of hydrogen-bond donors (Lipinski definition) is 2. The van der Waals surface area contributed by atoms with Crippen LogP contribution in [0.5, 0.6) is 11.5 Å². The summed E-state index contributed by atoms with van der Waals surface area (Å²) < 4.78 is 7.06. The van der Waals surface area contributed by atoms with E-state index in [0.717, 1.165) is 30.9 Å². The molecular weight excluding hydrogens is 398 g/mol. The standard InChI is InChI=1S/C16H15Br2NO2/c17-12-7-10(8-13(18)16(12)20)9-19-14-5-6-21-15-4-2-1-3-11(14)15/h1-4,7-8,14,19-20H,5-6,9H2. The van der Waals surface area contributed by atoms with Crippen LogP contribution >= 0.6 is 31.9 Å². The lowest BCUT2D eigenvalue weighted by Crippen LogP contribution is -2.26. The Hall–Kier alpha value is -1.04. The number of benzene rings is 2. The second kappa shape index (κ2) is 6.38. The molecule has 0 saturated carbocycles. The molecule has 2 aromatic carbocycles. The highest BCUT2D eigenvalue weighted by molar-refractivity contribution is 9.11. The second-order valence-corrected chi connectivity index (χ2v) is 6.73. The van der Waals surface area contributed by atoms with Crippen molar-refractivity contribution >= 4 is 31.9 Å². The number of fused-ring (bicyclic) bond motifs is 1. The second-order valence-electron chi connectivity index (χ2n) is 5.02. The van der Waals surface area contributed by atoms with Crippen LogP contribution in [-0.4, -0.2) is 11.7 Å². The van der Waals surface area contributed by atoms with E-state index in [1.54, 1.807) is 0 Å². The van der Waals surface area contributed by atoms with Gasteiger partial charge in [0, 0.05) is 24.6 Å². The predicted molar refractivity (Wildman–Crippen MR) is 89.6 cm³/mol. The van der Waals surface area contributed by atoms with Crippen LogP contribution in [0.4, 0.5) is 0 Å². The van der Waals surface area contributed by atoms with Gasteiger partial charge in [0.1, 0.15) is 11.5 Å². The van der Waals surface area contributed by atoms with Crippen molar-refractivity contribution < 1.29 is 9.84 Å². The van der Waals surface area contributed by atoms with E-state index in [9.17, 15) is 5.11 Å². The Morgan fingerprint density at radius 1 is 1.19 bits per heavy atom. The molecule has 5 heteroatoms. The number of phenols is 1. The van der Waals surface area contributed by atoms with Crippen molar-refractivity contribution in [2.45, 2.75) is 19.0 Å². The van der Waals surface area contributed by atoms with Gasteiger partial charge in [-0.2, -0.15) is 0 Å². The smallest absolute Gasteiger partial charge is 0.143 e. The Balaban J connectivity index is 1.74. The molecule has 0 amide bonds. The fourth-order valence-electron chi connectivity index (χ4n) is 2.52. The normalized spacial score (nSPS) is 17.1. The molecule has 21 heavy (non-hydrogen) atoms. The lowest BCUT2D eigenvalue weighted by Gasteiger charge is -2.26. The van der Waals surface area contributed by atoms with Crippen molar-refractivity contribution in [1.29, 1.82) is 0 Å². The summed E-state index contributed by atoms with van der Waals surface area (Å²) in [5.41, 5.74) is 2.32. The number of para-hydroxylation sites is 1. The zero-order chi connectivity index (χ0) is 14.8. The summed E-state index contributed by atoms with van der Waals surface area (Å²) in [5.74, 6) is 1.20. The molecule has 0 aromatic heterocycles. The monoisotopic (exact) mass is 411 g/mol. The predicted octanol–water partition coefficient (Wildman–Crippen LogP) is 4.53. The number of hydrogen-bond acceptors (Lipinski definition) is 3. The van der Waals surface area contributed by atoms with Crippen LogP contribution < -0.4 is 10.1 Å². The molecule has 0 fully saturated rings. The summed E-state index contributed by atoms with van der Waals surface area (Å²) in [5, 5.41) is 13.3. The quantitative estimate of drug-likeness (QED) is 0.777. The van der Waals surface area contributed by atoms with Gasteiger partial charge >= 0.3 is 0 Å². The summed E-state index contributed by atoms with van der Waals surface area (Å²) in [7, 11) is 0. The van der Waals surface area contributed by atoms with E-state index in [1.165, 1.54) is 5.56 Å². The van der Waals surface area contributed by atoms with Crippen LogP contribution in [0.3, 0.4) is 0 Å². The number of nitrogens with one attached hydrogen (secondary N) is 1. The average Bonchev–Trinajstić information content (AvgIpc) is 2.50. The van der Waals surface area contributed by atoms with Gasteiger partial charge in [0.25, 0.3) is 0 Å². The average molecular weight is 413 g/mol. The van der Waals surface area contributed by atoms with Crippen molar-refractivity contribution in [3.63, 3.8) is 0 Å². The third-order valence-corrected chi connectivity index (χ3v) is 4.80. The van der Waals surface area contributed by atoms with E-state index in [1.807, 2.05) is 30.3 Å². The Morgan fingerprint density at radius 2 is 1.90 bits per heavy atom. The highest BCUT2D eigenvalue weighted by atomic mass is 79.9. The highest BCUT2D eigenvalue weighted by Crippen LogP contribution is 2.34. The number of aromatic hydroxyl groups is 1. The fourth-order valence-corrected chi connectivity index (χ4v) is 3.80. The molecule has 0 bridgehead atoms. The van der Waals surface area contributed by atoms with Gasteiger partial charge in [0.2, 0.25) is 0 Å². The molecule has 3 nitrogen and oxygen atoms in total. The van der Waals surface area contributed by atoms with Gasteiger partial charge in [-0.25, -0.2) is 0 Å². The molecule has 110 valence electrons. The van der Waals surface area contributed by atoms with Crippen LogP contribution in [0.1, 0.15) is 23.6 Å². The first-order chi connectivity index (χ1) is 10.1. The molecule has 0 spiro atoms. The van der Waals surface area contributed by atoms with Crippen LogP contribution in [0.2, 0.25) is 0 Å². The first-order valence-corrected chi connectivity index (χ1v) is 8.36. The Labute approximate surface area is 140 Å². The van der Waals surface area contributed by atoms with Crippen LogP contribution in [0, 0.1) is 0 Å². The van der Waals surface area contributed by atoms with Gasteiger partial charge in [-0.05, 0) is 55.6 Å². The Bertz CT molecular complexity index is 637. The first kappa shape index (κ1) is 14.9. The molecule has 1 heterocycles. The van der Waals surface area contributed by atoms with Gasteiger partial charge in [-0.3, -0.25) is 0 Å². The number of phenolic OH excluding ortho intramolecular Hbond substituents is 1. The van der Waals surface area contributed by atoms with Crippen molar-refractivity contribution in [2.75, 3.05) is 6.61 Å². The topological polar surface area (TPSA) is 41.5 Å². The maximum atomic E-state index is 9.75. The lowest BCUT2D eigenvalue weighted by molar-refractivity contribution is 0.252. The molecule has 2 aromatic rings. The summed E-state index contributed by atoms with van der Waals surface area (Å²) in [6.07, 6.45) is 0.956. The zero-order valence-electron chi connectivity index (χ0n) is 11.3. The fraction of sp³-hybridized carbons (Fsp3) is 0.250. The van der Waals surface area contributed by atoms with Gasteiger partial charge in [-0.15, -0.1) is 0 Å². The van der Waals surface area contributed by atoms with Crippen molar-refractivity contribution in [1.82, 2.24) is 5.32 Å². The SMILES string of the molecule is Oc1c(Br)cc(CNC2CCOc3ccccc32)cc1Br. The maximum Gasteiger partial charge on any atom is 0.143 e. The summed E-state index contributed by atoms with van der Waals surface area (Å²) in [6, 6.07) is 12.3. The molecule has 0 saturated heterocycles. The van der Waals surface area contributed by atoms with Crippen LogP contribution in [0.25, 0.3) is 0 Å². The third-order valence-electron chi connectivity index (χ3n) is 3.59. The largest absolute Gasteiger partial charge is 0.506 e. The molecule has 1 aliphatic heterocycles. The van der Waals surface area contributed by atoms with Crippen LogP contribution in [-0.2, 0) is 6.54 Å². The summed E-state index contributed by atoms with van der Waals surface area (Å²) >= 11 is 6.72. The van der Waals surface area contributed by atoms with E-state index >= 15 is 0 Å². The summed E-state index contributed by atoms with van der Waals surface area (Å²) in [4.78, 5) is 0. The van der Waals surface area contributed by atoms with E-state index < -0.39 is 0 Å². The number of rotatable bonds is 3. The van der Waals surface area contributed by atoms with Crippen LogP contribution in [0.15, 0.2) is 45.3 Å². The van der Waals surface area contributed by atoms with Crippen molar-refractivity contribution in [3.05, 3.63) is 56.5 Å². The molecule has 0 aliphatic carbocycles. The molecule has 2 N–H and O–H groups in total. The van der Waals surface area contributed by atoms with Gasteiger partial charge < -0.3 is 15.2 Å². The van der Waals surface area contributed by atoms with E-state index in [2.05, 4.69) is 43.2 Å². The molecular formula is C16H15Br2NO2. The lowest BCUT2D eigenvalue weighted by atomic mass is 10.0. The molecule has 1 atom stereocenters. The first-order valence-electron chi connectivity index (χ1n) is 6.77. The highest BCUT2D eigenvalue weighted by Gasteiger charge is 2.20. The summed E-state index contributed by atoms with van der Waals surface area (Å²) in [6.45, 7) is 1.47. The van der Waals surface area contributed by atoms with Gasteiger partial charge in [-0.1, -0.05) is 18.2 Å². The molecule has 1 unspecified atom stereocenters. The van der Waals surface area contributed by atoms with E-state index in [4.69, 9.17) is 4.74 Å². The third kappa shape index (κ3) is 3.25. The van der Waals surface area contributed by atoms with Gasteiger partial charge in [0.05, 0.1) is 15.6 Å². The molecule has 3 rings (SSSR count).